The summed E-state index contributed by atoms with van der Waals surface area (Å²) in [6, 6.07) is 26.0. The first kappa shape index (κ1) is 57.6. The van der Waals surface area contributed by atoms with Gasteiger partial charge in [0.25, 0.3) is 0 Å². The van der Waals surface area contributed by atoms with Crippen molar-refractivity contribution >= 4 is 72.1 Å². The predicted molar refractivity (Wildman–Crippen MR) is 301 cm³/mol. The van der Waals surface area contributed by atoms with Crippen LogP contribution in [0.4, 0.5) is 4.79 Å². The minimum Gasteiger partial charge on any atom is -0.390 e. The average Bonchev–Trinajstić information content (AvgIpc) is 4.33. The number of carbonyl (C=O) groups excluding carboxylic acids is 5. The summed E-state index contributed by atoms with van der Waals surface area (Å²) in [5.41, 5.74) is 2.89. The predicted octanol–water partition coefficient (Wildman–Crippen LogP) is 5.37. The van der Waals surface area contributed by atoms with E-state index in [-0.39, 0.29) is 72.1 Å². The summed E-state index contributed by atoms with van der Waals surface area (Å²) in [5.74, 6) is -0.568. The molecule has 4 aliphatic rings. The Bertz CT molecular complexity index is 3460. The molecule has 422 valence electrons. The van der Waals surface area contributed by atoms with Gasteiger partial charge in [0, 0.05) is 72.6 Å². The van der Waals surface area contributed by atoms with Gasteiger partial charge in [-0.15, -0.1) is 5.10 Å². The van der Waals surface area contributed by atoms with Crippen molar-refractivity contribution < 1.29 is 45.9 Å². The maximum absolute atomic E-state index is 14.6. The third-order valence-corrected chi connectivity index (χ3v) is 20.4. The molecule has 0 spiro atoms. The van der Waals surface area contributed by atoms with Gasteiger partial charge in [-0.3, -0.25) is 24.2 Å². The number of para-hydroxylation sites is 1. The van der Waals surface area contributed by atoms with Gasteiger partial charge >= 0.3 is 6.03 Å². The molecule has 4 bridgehead atoms. The van der Waals surface area contributed by atoms with Gasteiger partial charge in [-0.1, -0.05) is 104 Å². The monoisotopic (exact) mass is 1150 g/mol. The van der Waals surface area contributed by atoms with Crippen molar-refractivity contribution in [1.29, 1.82) is 0 Å². The molecule has 6 aromatic rings. The molecule has 2 saturated heterocycles. The fourth-order valence-corrected chi connectivity index (χ4v) is 15.6. The van der Waals surface area contributed by atoms with Crippen LogP contribution in [0.3, 0.4) is 0 Å². The molecule has 0 saturated carbocycles. The van der Waals surface area contributed by atoms with E-state index < -0.39 is 66.2 Å². The summed E-state index contributed by atoms with van der Waals surface area (Å²) >= 11 is 1.86. The summed E-state index contributed by atoms with van der Waals surface area (Å²) in [5, 5.41) is 35.7. The largest absolute Gasteiger partial charge is 0.390 e. The maximum atomic E-state index is 14.6. The lowest BCUT2D eigenvalue weighted by molar-refractivity contribution is -0.129. The molecule has 7 atom stereocenters. The number of sulfonamides is 1. The number of nitrogens with one attached hydrogen (secondary N) is 5. The summed E-state index contributed by atoms with van der Waals surface area (Å²) in [7, 11) is -8.96. The molecule has 6 N–H and O–H groups in total. The van der Waals surface area contributed by atoms with Crippen LogP contribution in [0.2, 0.25) is 0 Å². The smallest absolute Gasteiger partial charge is 0.315 e. The number of aliphatic hydroxyl groups is 1. The van der Waals surface area contributed by atoms with Crippen LogP contribution in [0.15, 0.2) is 130 Å². The molecule has 2 unspecified atom stereocenters. The third kappa shape index (κ3) is 13.6. The van der Waals surface area contributed by atoms with E-state index in [2.05, 4.69) is 41.9 Å². The molecule has 4 aliphatic heterocycles. The highest BCUT2D eigenvalue weighted by atomic mass is 32.2. The number of fused-ring (bicyclic) bond motifs is 5. The molecule has 80 heavy (non-hydrogen) atoms. The number of benzene rings is 4. The number of pyridine rings is 1. The zero-order valence-corrected chi connectivity index (χ0v) is 46.9. The Morgan fingerprint density at radius 2 is 1.52 bits per heavy atom. The molecule has 0 aliphatic carbocycles. The van der Waals surface area contributed by atoms with Crippen molar-refractivity contribution in [1.82, 2.24) is 50.9 Å². The number of aromatic nitrogens is 4. The maximum Gasteiger partial charge on any atom is 0.315 e. The average molecular weight is 1150 g/mol. The first-order valence-electron chi connectivity index (χ1n) is 27.0. The Labute approximate surface area is 469 Å². The molecule has 23 heteroatoms. The van der Waals surface area contributed by atoms with Gasteiger partial charge in [0.15, 0.2) is 5.78 Å². The van der Waals surface area contributed by atoms with E-state index in [1.54, 1.807) is 79.9 Å². The van der Waals surface area contributed by atoms with Crippen molar-refractivity contribution in [3.8, 4) is 0 Å². The molecule has 2 fully saturated rings. The van der Waals surface area contributed by atoms with Crippen LogP contribution < -0.4 is 26.6 Å². The van der Waals surface area contributed by atoms with Crippen LogP contribution in [-0.2, 0) is 47.2 Å². The topological polar surface area (TPSA) is 281 Å². The number of thioether (sulfide) groups is 1. The molecular weight excluding hydrogens is 1080 g/mol. The van der Waals surface area contributed by atoms with Crippen molar-refractivity contribution in [2.75, 3.05) is 25.4 Å². The fraction of sp³-hybridized carbons (Fsp3) is 0.404. The number of sulfone groups is 1. The first-order valence-corrected chi connectivity index (χ1v) is 31.0. The zero-order chi connectivity index (χ0) is 56.6. The second kappa shape index (κ2) is 25.6. The number of aliphatic hydroxyl groups excluding tert-OH is 1. The quantitative estimate of drug-likeness (QED) is 0.0268. The van der Waals surface area contributed by atoms with E-state index in [4.69, 9.17) is 0 Å². The number of hydrogen-bond acceptors (Lipinski definition) is 14. The van der Waals surface area contributed by atoms with Gasteiger partial charge < -0.3 is 31.7 Å². The van der Waals surface area contributed by atoms with Crippen LogP contribution >= 0.6 is 11.8 Å². The van der Waals surface area contributed by atoms with E-state index in [0.29, 0.717) is 70.8 Å². The van der Waals surface area contributed by atoms with E-state index in [9.17, 15) is 45.9 Å². The molecule has 5 amide bonds. The molecule has 20 nitrogen and oxygen atoms in total. The van der Waals surface area contributed by atoms with Gasteiger partial charge in [-0.05, 0) is 73.9 Å². The lowest BCUT2D eigenvalue weighted by Gasteiger charge is -2.30. The first-order chi connectivity index (χ1) is 38.5. The SMILES string of the molecule is CC1CN(CC(O)[C@H](C)n2cc(CNC(=O)[C@H](Cc3ccc(C(=O)c4ccccc4)cc3)NC(=O)CCCCCNC(=O)CCCC[C@@H]3SC[C@@H]4NC(=O)N[C@@H]43)nn2)S(=O)(=O)c2ccccc2S(=O)(=O)c2cccc3cc1cnc23. The minimum absolute atomic E-state index is 0.0219. The fourth-order valence-electron chi connectivity index (χ4n) is 10.3. The number of hydrogen-bond donors (Lipinski definition) is 6. The van der Waals surface area contributed by atoms with E-state index in [0.717, 1.165) is 29.3 Å². The Hall–Kier alpha value is -7.05. The zero-order valence-electron chi connectivity index (χ0n) is 44.5. The number of unbranched alkanes of at least 4 members (excludes halogenated alkanes) is 3. The molecule has 6 heterocycles. The van der Waals surface area contributed by atoms with Gasteiger partial charge in [0.2, 0.25) is 37.6 Å². The lowest BCUT2D eigenvalue weighted by Crippen LogP contribution is -2.47. The van der Waals surface area contributed by atoms with Crippen molar-refractivity contribution in [2.45, 2.75) is 134 Å². The molecule has 10 rings (SSSR count). The number of ketones is 1. The summed E-state index contributed by atoms with van der Waals surface area (Å²) in [4.78, 5) is 68.3. The van der Waals surface area contributed by atoms with Crippen LogP contribution in [0.5, 0.6) is 0 Å². The van der Waals surface area contributed by atoms with Crippen LogP contribution in [0.25, 0.3) is 10.9 Å². The number of carbonyl (C=O) groups is 5. The minimum atomic E-state index is -4.56. The van der Waals surface area contributed by atoms with Crippen molar-refractivity contribution in [3.63, 3.8) is 0 Å². The second-order valence-electron chi connectivity index (χ2n) is 20.7. The third-order valence-electron chi connectivity index (χ3n) is 15.0. The van der Waals surface area contributed by atoms with Crippen molar-refractivity contribution in [3.05, 3.63) is 143 Å². The van der Waals surface area contributed by atoms with Crippen LogP contribution in [0, 0.1) is 0 Å². The van der Waals surface area contributed by atoms with Crippen LogP contribution in [0.1, 0.15) is 110 Å². The highest BCUT2D eigenvalue weighted by molar-refractivity contribution is 8.00. The Morgan fingerprint density at radius 3 is 2.31 bits per heavy atom. The highest BCUT2D eigenvalue weighted by Gasteiger charge is 2.43. The molecule has 0 radical (unpaired) electrons. The van der Waals surface area contributed by atoms with Crippen LogP contribution in [-0.4, -0.2) is 131 Å². The molecule has 2 aromatic heterocycles. The van der Waals surface area contributed by atoms with Gasteiger partial charge in [-0.25, -0.2) is 26.3 Å². The number of rotatable bonds is 23. The lowest BCUT2D eigenvalue weighted by atomic mass is 9.99. The molecule has 4 aromatic carbocycles. The van der Waals surface area contributed by atoms with Gasteiger partial charge in [0.1, 0.15) is 16.6 Å². The van der Waals surface area contributed by atoms with Gasteiger partial charge in [-0.2, -0.15) is 16.1 Å². The second-order valence-corrected chi connectivity index (χ2v) is 25.8. The molecular formula is C57H66N10O10S3. The van der Waals surface area contributed by atoms with E-state index >= 15 is 0 Å². The Morgan fingerprint density at radius 1 is 0.812 bits per heavy atom. The van der Waals surface area contributed by atoms with E-state index in [1.165, 1.54) is 41.2 Å². The van der Waals surface area contributed by atoms with Gasteiger partial charge in [0.05, 0.1) is 52.3 Å². The van der Waals surface area contributed by atoms with Crippen molar-refractivity contribution in [2.24, 2.45) is 0 Å². The Kier molecular flexibility index (Phi) is 18.4. The number of amides is 5. The highest BCUT2D eigenvalue weighted by Crippen LogP contribution is 2.36. The Balaban J connectivity index is 0.799. The number of nitrogens with zero attached hydrogens (tertiary/aromatic N) is 5. The summed E-state index contributed by atoms with van der Waals surface area (Å²) in [6.45, 7) is 3.25. The number of urea groups is 1. The standard InChI is InChI=1S/C57H66N10O10S3/c1-36-32-66(80(76,77)49-19-10-9-18-48(49)79(74,75)50-20-13-16-41-29-42(36)30-59-53(41)50)34-46(68)37(2)67-33-43(64-65-67)31-60-56(72)44(28-38-23-25-40(26-24-38)55(71)39-14-5-3-6-15-39)61-52(70)22-7-4-12-27-58-51(69)21-11-8-17-47-54-45(35-78-47)62-57(73)63-54/h3,5-6,9-10,13-16,18-20,23-26,29-30,33,36-37,44-47,54,68H,4,7-8,11-12,17,21-22,27-28,31-32,34-35H2,1-2H3,(H,58,69)(H,60,72)(H,61,70)(H2,62,63,73)/t36?,37-,44-,45-,46?,47-,54-/m0/s1. The van der Waals surface area contributed by atoms with E-state index in [1.807, 2.05) is 24.8 Å². The summed E-state index contributed by atoms with van der Waals surface area (Å²) in [6.07, 6.45) is 6.77. The summed E-state index contributed by atoms with van der Waals surface area (Å²) < 4.78 is 60.2. The normalized spacial score (nSPS) is 20.3.